The van der Waals surface area contributed by atoms with E-state index in [1.54, 1.807) is 6.33 Å². The Morgan fingerprint density at radius 2 is 2.00 bits per heavy atom. The minimum atomic E-state index is 0.569. The average Bonchev–Trinajstić information content (AvgIpc) is 2.76. The lowest BCUT2D eigenvalue weighted by Crippen LogP contribution is -2.23. The molecule has 3 rings (SSSR count). The van der Waals surface area contributed by atoms with E-state index in [9.17, 15) is 0 Å². The fourth-order valence-electron chi connectivity index (χ4n) is 2.42. The van der Waals surface area contributed by atoms with Crippen molar-refractivity contribution < 1.29 is 4.42 Å². The number of nitrogens with zero attached hydrogens (tertiary/aromatic N) is 3. The van der Waals surface area contributed by atoms with Crippen molar-refractivity contribution in [3.05, 3.63) is 30.6 Å². The third kappa shape index (κ3) is 2.03. The lowest BCUT2D eigenvalue weighted by Gasteiger charge is -2.19. The van der Waals surface area contributed by atoms with Gasteiger partial charge in [-0.05, 0) is 18.1 Å². The molecule has 0 aliphatic carbocycles. The number of para-hydroxylation sites is 1. The Kier molecular flexibility index (Phi) is 2.85. The second-order valence-corrected chi connectivity index (χ2v) is 5.25. The van der Waals surface area contributed by atoms with Crippen molar-refractivity contribution in [3.63, 3.8) is 0 Å². The Morgan fingerprint density at radius 1 is 1.21 bits per heavy atom. The molecule has 0 saturated heterocycles. The van der Waals surface area contributed by atoms with Crippen LogP contribution in [0.1, 0.15) is 13.8 Å². The fourth-order valence-corrected chi connectivity index (χ4v) is 2.42. The molecule has 0 amide bonds. The Hall–Kier alpha value is -2.10. The summed E-state index contributed by atoms with van der Waals surface area (Å²) in [5, 5.41) is 1.04. The van der Waals surface area contributed by atoms with E-state index in [0.717, 1.165) is 34.4 Å². The van der Waals surface area contributed by atoms with Crippen molar-refractivity contribution in [2.45, 2.75) is 13.8 Å². The first-order valence-corrected chi connectivity index (χ1v) is 6.50. The highest BCUT2D eigenvalue weighted by atomic mass is 16.3. The van der Waals surface area contributed by atoms with E-state index < -0.39 is 0 Å². The van der Waals surface area contributed by atoms with Gasteiger partial charge in [-0.25, -0.2) is 9.97 Å². The third-order valence-electron chi connectivity index (χ3n) is 3.14. The molecular formula is C15H17N3O. The summed E-state index contributed by atoms with van der Waals surface area (Å²) >= 11 is 0. The number of fused-ring (bicyclic) bond motifs is 3. The largest absolute Gasteiger partial charge is 0.450 e. The van der Waals surface area contributed by atoms with Gasteiger partial charge in [0.1, 0.15) is 17.4 Å². The van der Waals surface area contributed by atoms with Crippen LogP contribution >= 0.6 is 0 Å². The molecule has 0 N–H and O–H groups in total. The number of furan rings is 1. The number of benzene rings is 1. The predicted molar refractivity (Wildman–Crippen MR) is 77.4 cm³/mol. The topological polar surface area (TPSA) is 42.2 Å². The molecule has 4 heteroatoms. The molecule has 0 atom stereocenters. The normalized spacial score (nSPS) is 11.6. The van der Waals surface area contributed by atoms with Gasteiger partial charge in [0.25, 0.3) is 0 Å². The first-order chi connectivity index (χ1) is 9.16. The van der Waals surface area contributed by atoms with Gasteiger partial charge < -0.3 is 9.32 Å². The van der Waals surface area contributed by atoms with Crippen LogP contribution in [0.3, 0.4) is 0 Å². The van der Waals surface area contributed by atoms with E-state index in [4.69, 9.17) is 4.42 Å². The number of aromatic nitrogens is 2. The van der Waals surface area contributed by atoms with Crippen LogP contribution in [-0.4, -0.2) is 23.6 Å². The van der Waals surface area contributed by atoms with Gasteiger partial charge in [-0.3, -0.25) is 0 Å². The molecule has 0 aliphatic rings. The first-order valence-electron chi connectivity index (χ1n) is 6.50. The van der Waals surface area contributed by atoms with Crippen LogP contribution in [0.15, 0.2) is 35.0 Å². The smallest absolute Gasteiger partial charge is 0.196 e. The predicted octanol–water partition coefficient (Wildman–Crippen LogP) is 3.47. The molecule has 3 aromatic rings. The highest BCUT2D eigenvalue weighted by Gasteiger charge is 2.15. The van der Waals surface area contributed by atoms with Gasteiger partial charge in [-0.2, -0.15) is 0 Å². The van der Waals surface area contributed by atoms with E-state index in [1.165, 1.54) is 0 Å². The monoisotopic (exact) mass is 255 g/mol. The van der Waals surface area contributed by atoms with Gasteiger partial charge in [-0.1, -0.05) is 26.0 Å². The van der Waals surface area contributed by atoms with Crippen LogP contribution in [0, 0.1) is 5.92 Å². The van der Waals surface area contributed by atoms with Gasteiger partial charge in [0.05, 0.1) is 0 Å². The van der Waals surface area contributed by atoms with Gasteiger partial charge in [0, 0.05) is 19.0 Å². The Balaban J connectivity index is 2.20. The van der Waals surface area contributed by atoms with Crippen molar-refractivity contribution in [2.75, 3.05) is 18.5 Å². The number of rotatable bonds is 3. The number of hydrogen-bond acceptors (Lipinski definition) is 4. The van der Waals surface area contributed by atoms with Crippen molar-refractivity contribution >= 4 is 27.9 Å². The summed E-state index contributed by atoms with van der Waals surface area (Å²) in [5.41, 5.74) is 2.51. The zero-order valence-corrected chi connectivity index (χ0v) is 11.4. The SMILES string of the molecule is CC(C)CN(C)c1ncnc2c1oc1ccccc12. The zero-order valence-electron chi connectivity index (χ0n) is 11.4. The molecule has 0 bridgehead atoms. The maximum absolute atomic E-state index is 5.92. The molecule has 0 fully saturated rings. The van der Waals surface area contributed by atoms with Crippen LogP contribution in [0.4, 0.5) is 5.82 Å². The molecule has 0 unspecified atom stereocenters. The van der Waals surface area contributed by atoms with Crippen LogP contribution < -0.4 is 4.90 Å². The van der Waals surface area contributed by atoms with Crippen LogP contribution in [-0.2, 0) is 0 Å². The van der Waals surface area contributed by atoms with Gasteiger partial charge in [0.15, 0.2) is 11.4 Å². The molecular weight excluding hydrogens is 238 g/mol. The van der Waals surface area contributed by atoms with Gasteiger partial charge in [0.2, 0.25) is 0 Å². The number of anilines is 1. The van der Waals surface area contributed by atoms with E-state index in [0.29, 0.717) is 5.92 Å². The summed E-state index contributed by atoms with van der Waals surface area (Å²) in [7, 11) is 2.04. The standard InChI is InChI=1S/C15H17N3O/c1-10(2)8-18(3)15-14-13(16-9-17-15)11-6-4-5-7-12(11)19-14/h4-7,9-10H,8H2,1-3H3. The molecule has 0 spiro atoms. The summed E-state index contributed by atoms with van der Waals surface area (Å²) < 4.78 is 5.92. The van der Waals surface area contributed by atoms with Crippen molar-refractivity contribution in [1.29, 1.82) is 0 Å². The van der Waals surface area contributed by atoms with Gasteiger partial charge >= 0.3 is 0 Å². The first kappa shape index (κ1) is 12.0. The quantitative estimate of drug-likeness (QED) is 0.718. The average molecular weight is 255 g/mol. The summed E-state index contributed by atoms with van der Waals surface area (Å²) in [6.45, 7) is 5.31. The van der Waals surface area contributed by atoms with E-state index in [1.807, 2.05) is 31.3 Å². The summed E-state index contributed by atoms with van der Waals surface area (Å²) in [5.74, 6) is 1.43. The molecule has 0 radical (unpaired) electrons. The van der Waals surface area contributed by atoms with Crippen LogP contribution in [0.2, 0.25) is 0 Å². The molecule has 2 heterocycles. The summed E-state index contributed by atoms with van der Waals surface area (Å²) in [6.07, 6.45) is 1.61. The van der Waals surface area contributed by atoms with Gasteiger partial charge in [-0.15, -0.1) is 0 Å². The second kappa shape index (κ2) is 4.53. The molecule has 0 aliphatic heterocycles. The summed E-state index contributed by atoms with van der Waals surface area (Å²) in [4.78, 5) is 10.9. The van der Waals surface area contributed by atoms with Crippen molar-refractivity contribution in [3.8, 4) is 0 Å². The maximum atomic E-state index is 5.92. The molecule has 4 nitrogen and oxygen atoms in total. The number of hydrogen-bond donors (Lipinski definition) is 0. The molecule has 98 valence electrons. The molecule has 2 aromatic heterocycles. The van der Waals surface area contributed by atoms with Crippen molar-refractivity contribution in [1.82, 2.24) is 9.97 Å². The Labute approximate surface area is 112 Å². The van der Waals surface area contributed by atoms with Crippen LogP contribution in [0.5, 0.6) is 0 Å². The van der Waals surface area contributed by atoms with E-state index >= 15 is 0 Å². The minimum absolute atomic E-state index is 0.569. The lowest BCUT2D eigenvalue weighted by molar-refractivity contribution is 0.624. The third-order valence-corrected chi connectivity index (χ3v) is 3.14. The summed E-state index contributed by atoms with van der Waals surface area (Å²) in [6, 6.07) is 7.95. The maximum Gasteiger partial charge on any atom is 0.196 e. The second-order valence-electron chi connectivity index (χ2n) is 5.25. The molecule has 19 heavy (non-hydrogen) atoms. The molecule has 1 aromatic carbocycles. The minimum Gasteiger partial charge on any atom is -0.450 e. The van der Waals surface area contributed by atoms with Crippen LogP contribution in [0.25, 0.3) is 22.1 Å². The Morgan fingerprint density at radius 3 is 2.79 bits per heavy atom. The highest BCUT2D eigenvalue weighted by molar-refractivity contribution is 6.05. The van der Waals surface area contributed by atoms with E-state index in [-0.39, 0.29) is 0 Å². The lowest BCUT2D eigenvalue weighted by atomic mass is 10.2. The van der Waals surface area contributed by atoms with Crippen molar-refractivity contribution in [2.24, 2.45) is 5.92 Å². The highest BCUT2D eigenvalue weighted by Crippen LogP contribution is 2.31. The fraction of sp³-hybridized carbons (Fsp3) is 0.333. The zero-order chi connectivity index (χ0) is 13.4. The molecule has 0 saturated carbocycles. The Bertz CT molecular complexity index is 718. The van der Waals surface area contributed by atoms with E-state index in [2.05, 4.69) is 28.7 Å².